The van der Waals surface area contributed by atoms with Crippen molar-refractivity contribution < 1.29 is 4.74 Å². The average Bonchev–Trinajstić information content (AvgIpc) is 1.81. The van der Waals surface area contributed by atoms with Gasteiger partial charge in [0, 0.05) is 6.61 Å². The molecule has 0 unspecified atom stereocenters. The fourth-order valence-electron chi connectivity index (χ4n) is 0.509. The molecule has 0 spiro atoms. The molecular formula is C6H13BrO. The van der Waals surface area contributed by atoms with Crippen molar-refractivity contribution in [2.45, 2.75) is 26.2 Å². The Labute approximate surface area is 59.5 Å². The third kappa shape index (κ3) is 6.44. The summed E-state index contributed by atoms with van der Waals surface area (Å²) >= 11 is 3.18. The van der Waals surface area contributed by atoms with Crippen LogP contribution in [0.25, 0.3) is 0 Å². The average molecular weight is 181 g/mol. The third-order valence-electron chi connectivity index (χ3n) is 0.969. The normalized spacial score (nSPS) is 9.75. The summed E-state index contributed by atoms with van der Waals surface area (Å²) in [4.78, 5) is 0. The van der Waals surface area contributed by atoms with Crippen molar-refractivity contribution in [2.75, 3.05) is 12.1 Å². The lowest BCUT2D eigenvalue weighted by molar-refractivity contribution is 0.180. The van der Waals surface area contributed by atoms with Gasteiger partial charge in [0.15, 0.2) is 0 Å². The Bertz CT molecular complexity index is 33.5. The van der Waals surface area contributed by atoms with Crippen LogP contribution in [0.5, 0.6) is 0 Å². The maximum absolute atomic E-state index is 5.05. The molecule has 8 heavy (non-hydrogen) atoms. The molecule has 0 fully saturated rings. The Kier molecular flexibility index (Phi) is 7.85. The Morgan fingerprint density at radius 2 is 2.12 bits per heavy atom. The molecule has 0 aliphatic rings. The first-order valence-electron chi connectivity index (χ1n) is 3.05. The van der Waals surface area contributed by atoms with E-state index in [1.54, 1.807) is 0 Å². The quantitative estimate of drug-likeness (QED) is 0.467. The zero-order chi connectivity index (χ0) is 6.24. The van der Waals surface area contributed by atoms with E-state index >= 15 is 0 Å². The molecule has 0 aliphatic carbocycles. The van der Waals surface area contributed by atoms with E-state index in [-0.39, 0.29) is 0 Å². The zero-order valence-corrected chi connectivity index (χ0v) is 6.91. The molecule has 0 amide bonds. The van der Waals surface area contributed by atoms with Crippen LogP contribution in [0.15, 0.2) is 0 Å². The van der Waals surface area contributed by atoms with E-state index in [9.17, 15) is 0 Å². The van der Waals surface area contributed by atoms with Crippen LogP contribution in [0.2, 0.25) is 0 Å². The third-order valence-corrected chi connectivity index (χ3v) is 1.29. The van der Waals surface area contributed by atoms with Gasteiger partial charge in [-0.3, -0.25) is 0 Å². The fourth-order valence-corrected chi connectivity index (χ4v) is 0.738. The predicted octanol–water partition coefficient (Wildman–Crippen LogP) is 2.55. The number of halogens is 1. The van der Waals surface area contributed by atoms with Crippen LogP contribution < -0.4 is 0 Å². The van der Waals surface area contributed by atoms with Gasteiger partial charge in [-0.25, -0.2) is 0 Å². The Morgan fingerprint density at radius 3 is 2.62 bits per heavy atom. The number of alkyl halides is 1. The maximum Gasteiger partial charge on any atom is 0.101 e. The van der Waals surface area contributed by atoms with Gasteiger partial charge in [-0.2, -0.15) is 0 Å². The number of unbranched alkanes of at least 4 members (excludes halogenated alkanes) is 2. The zero-order valence-electron chi connectivity index (χ0n) is 5.32. The summed E-state index contributed by atoms with van der Waals surface area (Å²) in [5.41, 5.74) is 0.677. The summed E-state index contributed by atoms with van der Waals surface area (Å²) in [7, 11) is 0. The van der Waals surface area contributed by atoms with Crippen LogP contribution in [0.4, 0.5) is 0 Å². The molecule has 0 aromatic rings. The van der Waals surface area contributed by atoms with E-state index in [0.717, 1.165) is 6.61 Å². The van der Waals surface area contributed by atoms with Crippen LogP contribution in [0, 0.1) is 0 Å². The van der Waals surface area contributed by atoms with E-state index < -0.39 is 0 Å². The molecule has 0 N–H and O–H groups in total. The van der Waals surface area contributed by atoms with Crippen molar-refractivity contribution in [3.63, 3.8) is 0 Å². The van der Waals surface area contributed by atoms with Gasteiger partial charge in [-0.15, -0.1) is 0 Å². The number of hydrogen-bond acceptors (Lipinski definition) is 1. The highest BCUT2D eigenvalue weighted by molar-refractivity contribution is 9.09. The van der Waals surface area contributed by atoms with Gasteiger partial charge in [0.2, 0.25) is 0 Å². The standard InChI is InChI=1S/C6H13BrO/c1-2-3-4-5-8-6-7/h2-6H2,1H3. The molecule has 0 aromatic carbocycles. The van der Waals surface area contributed by atoms with E-state index in [1.807, 2.05) is 0 Å². The SMILES string of the molecule is CCCCCOCBr. The molecule has 0 radical (unpaired) electrons. The lowest BCUT2D eigenvalue weighted by atomic mass is 10.3. The van der Waals surface area contributed by atoms with Gasteiger partial charge >= 0.3 is 0 Å². The van der Waals surface area contributed by atoms with Crippen LogP contribution in [-0.4, -0.2) is 12.1 Å². The molecule has 50 valence electrons. The number of hydrogen-bond donors (Lipinski definition) is 0. The van der Waals surface area contributed by atoms with Crippen molar-refractivity contribution in [1.82, 2.24) is 0 Å². The van der Waals surface area contributed by atoms with Crippen molar-refractivity contribution in [3.05, 3.63) is 0 Å². The molecule has 0 rings (SSSR count). The summed E-state index contributed by atoms with van der Waals surface area (Å²) in [6, 6.07) is 0. The number of rotatable bonds is 5. The largest absolute Gasteiger partial charge is 0.370 e. The van der Waals surface area contributed by atoms with Crippen LogP contribution >= 0.6 is 15.9 Å². The van der Waals surface area contributed by atoms with Gasteiger partial charge in [0.1, 0.15) is 5.52 Å². The lowest BCUT2D eigenvalue weighted by Crippen LogP contribution is -1.89. The Morgan fingerprint density at radius 1 is 1.38 bits per heavy atom. The summed E-state index contributed by atoms with van der Waals surface area (Å²) in [5, 5.41) is 0. The van der Waals surface area contributed by atoms with Crippen LogP contribution in [0.1, 0.15) is 26.2 Å². The van der Waals surface area contributed by atoms with Gasteiger partial charge in [0.05, 0.1) is 0 Å². The van der Waals surface area contributed by atoms with E-state index in [1.165, 1.54) is 19.3 Å². The summed E-state index contributed by atoms with van der Waals surface area (Å²) in [5.74, 6) is 0. The first kappa shape index (κ1) is 8.44. The van der Waals surface area contributed by atoms with Gasteiger partial charge in [0.25, 0.3) is 0 Å². The number of ether oxygens (including phenoxy) is 1. The molecule has 0 bridgehead atoms. The summed E-state index contributed by atoms with van der Waals surface area (Å²) in [6.45, 7) is 3.09. The molecule has 0 saturated heterocycles. The molecule has 0 atom stereocenters. The highest BCUT2D eigenvalue weighted by Crippen LogP contribution is 1.94. The van der Waals surface area contributed by atoms with Crippen LogP contribution in [0.3, 0.4) is 0 Å². The van der Waals surface area contributed by atoms with E-state index in [0.29, 0.717) is 5.52 Å². The van der Waals surface area contributed by atoms with Crippen molar-refractivity contribution in [2.24, 2.45) is 0 Å². The summed E-state index contributed by atoms with van der Waals surface area (Å²) in [6.07, 6.45) is 3.75. The van der Waals surface area contributed by atoms with E-state index in [2.05, 4.69) is 22.9 Å². The first-order chi connectivity index (χ1) is 3.91. The topological polar surface area (TPSA) is 9.23 Å². The smallest absolute Gasteiger partial charge is 0.101 e. The molecule has 0 aliphatic heterocycles. The van der Waals surface area contributed by atoms with E-state index in [4.69, 9.17) is 4.74 Å². The molecule has 2 heteroatoms. The lowest BCUT2D eigenvalue weighted by Gasteiger charge is -1.95. The predicted molar refractivity (Wildman–Crippen MR) is 39.3 cm³/mol. The van der Waals surface area contributed by atoms with Gasteiger partial charge in [-0.1, -0.05) is 35.7 Å². The second-order valence-electron chi connectivity index (χ2n) is 1.72. The Balaban J connectivity index is 2.53. The van der Waals surface area contributed by atoms with Crippen molar-refractivity contribution in [1.29, 1.82) is 0 Å². The molecule has 0 aromatic heterocycles. The van der Waals surface area contributed by atoms with Crippen molar-refractivity contribution in [3.8, 4) is 0 Å². The molecule has 0 heterocycles. The highest BCUT2D eigenvalue weighted by atomic mass is 79.9. The minimum Gasteiger partial charge on any atom is -0.370 e. The maximum atomic E-state index is 5.05. The molecule has 0 saturated carbocycles. The second-order valence-corrected chi connectivity index (χ2v) is 2.18. The van der Waals surface area contributed by atoms with Gasteiger partial charge < -0.3 is 4.74 Å². The minimum atomic E-state index is 0.677. The monoisotopic (exact) mass is 180 g/mol. The molecule has 1 nitrogen and oxygen atoms in total. The Hall–Kier alpha value is 0.440. The minimum absolute atomic E-state index is 0.677. The molecular weight excluding hydrogens is 168 g/mol. The first-order valence-corrected chi connectivity index (χ1v) is 4.17. The van der Waals surface area contributed by atoms with Gasteiger partial charge in [-0.05, 0) is 6.42 Å². The summed E-state index contributed by atoms with van der Waals surface area (Å²) < 4.78 is 5.05. The second kappa shape index (κ2) is 7.44. The van der Waals surface area contributed by atoms with Crippen molar-refractivity contribution >= 4 is 15.9 Å². The fraction of sp³-hybridized carbons (Fsp3) is 1.00. The van der Waals surface area contributed by atoms with Crippen LogP contribution in [-0.2, 0) is 4.74 Å². The highest BCUT2D eigenvalue weighted by Gasteiger charge is 1.83.